The molecule has 38 heavy (non-hydrogen) atoms. The molecule has 0 radical (unpaired) electrons. The van der Waals surface area contributed by atoms with Crippen LogP contribution >= 0.6 is 0 Å². The first kappa shape index (κ1) is 29.3. The van der Waals surface area contributed by atoms with E-state index in [1.54, 1.807) is 24.3 Å². The smallest absolute Gasteiger partial charge is 0.490 e. The molecule has 1 amide bonds. The standard InChI is InChI=1S/C24H30N2O4S.C2HF3O2/c1-30-21-8-5-9-22(16-21)31(28,29)26-20-12-10-19(11-13-20)24(14-15-24)23(27)25-17-18-6-3-2-4-7-18;3-2(4,5)1(6)7/h5,8-13,16,18,26H,2-4,6-7,14-15,17H2,1H3,(H,25,27);(H,6,7). The highest BCUT2D eigenvalue weighted by Crippen LogP contribution is 2.48. The third-order valence-electron chi connectivity index (χ3n) is 6.74. The van der Waals surface area contributed by atoms with Crippen molar-refractivity contribution in [2.45, 2.75) is 61.4 Å². The number of amides is 1. The summed E-state index contributed by atoms with van der Waals surface area (Å²) >= 11 is 0. The van der Waals surface area contributed by atoms with Gasteiger partial charge in [-0.3, -0.25) is 9.52 Å². The molecule has 2 fully saturated rings. The number of halogens is 3. The van der Waals surface area contributed by atoms with Crippen molar-refractivity contribution in [2.75, 3.05) is 18.4 Å². The van der Waals surface area contributed by atoms with Crippen molar-refractivity contribution in [1.82, 2.24) is 5.32 Å². The van der Waals surface area contributed by atoms with Crippen LogP contribution in [0.15, 0.2) is 53.4 Å². The van der Waals surface area contributed by atoms with E-state index >= 15 is 0 Å². The number of benzene rings is 2. The van der Waals surface area contributed by atoms with Crippen molar-refractivity contribution < 1.29 is 41.0 Å². The Balaban J connectivity index is 0.000000505. The predicted octanol–water partition coefficient (Wildman–Crippen LogP) is 4.86. The van der Waals surface area contributed by atoms with Gasteiger partial charge in [0.2, 0.25) is 5.91 Å². The van der Waals surface area contributed by atoms with Crippen LogP contribution in [0.2, 0.25) is 0 Å². The van der Waals surface area contributed by atoms with Gasteiger partial charge in [-0.05, 0) is 61.4 Å². The van der Waals surface area contributed by atoms with Crippen LogP contribution in [0.3, 0.4) is 0 Å². The van der Waals surface area contributed by atoms with Crippen LogP contribution in [0.25, 0.3) is 0 Å². The van der Waals surface area contributed by atoms with E-state index in [9.17, 15) is 26.4 Å². The number of nitrogens with one attached hydrogen (secondary N) is 2. The van der Waals surface area contributed by atoms with Gasteiger partial charge in [-0.15, -0.1) is 0 Å². The largest absolute Gasteiger partial charge is 0.497 e. The van der Waals surface area contributed by atoms with Crippen LogP contribution < -0.4 is 14.8 Å². The number of ether oxygens (including phenoxy) is 1. The second-order valence-electron chi connectivity index (χ2n) is 9.46. The quantitative estimate of drug-likeness (QED) is 0.427. The molecule has 12 heteroatoms. The van der Waals surface area contributed by atoms with E-state index in [2.05, 4.69) is 10.0 Å². The monoisotopic (exact) mass is 556 g/mol. The van der Waals surface area contributed by atoms with Crippen LogP contribution in [0, 0.1) is 5.92 Å². The molecule has 0 aliphatic heterocycles. The average Bonchev–Trinajstić information content (AvgIpc) is 3.70. The first-order valence-corrected chi connectivity index (χ1v) is 13.7. The first-order chi connectivity index (χ1) is 17.9. The lowest BCUT2D eigenvalue weighted by Crippen LogP contribution is -2.38. The number of carbonyl (C=O) groups is 2. The van der Waals surface area contributed by atoms with Crippen molar-refractivity contribution in [3.63, 3.8) is 0 Å². The molecule has 0 saturated heterocycles. The summed E-state index contributed by atoms with van der Waals surface area (Å²) in [5.74, 6) is -1.58. The molecule has 0 heterocycles. The molecule has 0 unspecified atom stereocenters. The van der Waals surface area contributed by atoms with Gasteiger partial charge in [-0.25, -0.2) is 13.2 Å². The van der Waals surface area contributed by atoms with Crippen molar-refractivity contribution >= 4 is 27.6 Å². The summed E-state index contributed by atoms with van der Waals surface area (Å²) in [7, 11) is -2.23. The van der Waals surface area contributed by atoms with Crippen LogP contribution in [0.5, 0.6) is 5.75 Å². The van der Waals surface area contributed by atoms with Crippen molar-refractivity contribution in [3.05, 3.63) is 54.1 Å². The predicted molar refractivity (Wildman–Crippen MR) is 134 cm³/mol. The Bertz CT molecular complexity index is 1220. The Morgan fingerprint density at radius 2 is 1.66 bits per heavy atom. The number of carbonyl (C=O) groups excluding carboxylic acids is 1. The van der Waals surface area contributed by atoms with Gasteiger partial charge in [0.1, 0.15) is 5.75 Å². The molecule has 0 spiro atoms. The first-order valence-electron chi connectivity index (χ1n) is 12.2. The van der Waals surface area contributed by atoms with Crippen LogP contribution in [0.1, 0.15) is 50.5 Å². The number of aliphatic carboxylic acids is 1. The molecule has 2 aromatic carbocycles. The molecule has 0 bridgehead atoms. The van der Waals surface area contributed by atoms with Crippen LogP contribution in [-0.2, 0) is 25.0 Å². The van der Waals surface area contributed by atoms with Gasteiger partial charge in [-0.1, -0.05) is 37.5 Å². The van der Waals surface area contributed by atoms with Gasteiger partial charge >= 0.3 is 12.1 Å². The van der Waals surface area contributed by atoms with E-state index in [-0.39, 0.29) is 10.8 Å². The van der Waals surface area contributed by atoms with Crippen LogP contribution in [-0.4, -0.2) is 45.2 Å². The summed E-state index contributed by atoms with van der Waals surface area (Å²) in [6, 6.07) is 13.5. The fourth-order valence-corrected chi connectivity index (χ4v) is 5.50. The maximum atomic E-state index is 12.9. The van der Waals surface area contributed by atoms with Gasteiger partial charge in [0, 0.05) is 18.3 Å². The minimum absolute atomic E-state index is 0.0998. The second kappa shape index (κ2) is 12.1. The van der Waals surface area contributed by atoms with E-state index in [4.69, 9.17) is 14.6 Å². The summed E-state index contributed by atoms with van der Waals surface area (Å²) in [6.07, 6.45) is 2.82. The van der Waals surface area contributed by atoms with E-state index in [0.29, 0.717) is 17.4 Å². The van der Waals surface area contributed by atoms with Gasteiger partial charge < -0.3 is 15.2 Å². The fraction of sp³-hybridized carbons (Fsp3) is 0.462. The van der Waals surface area contributed by atoms with E-state index in [1.165, 1.54) is 51.3 Å². The van der Waals surface area contributed by atoms with Gasteiger partial charge in [0.25, 0.3) is 10.0 Å². The normalized spacial score (nSPS) is 16.9. The lowest BCUT2D eigenvalue weighted by molar-refractivity contribution is -0.192. The Kier molecular flexibility index (Phi) is 9.29. The van der Waals surface area contributed by atoms with E-state index in [0.717, 1.165) is 24.9 Å². The summed E-state index contributed by atoms with van der Waals surface area (Å²) in [5.41, 5.74) is 0.946. The zero-order chi connectivity index (χ0) is 28.0. The van der Waals surface area contributed by atoms with Crippen molar-refractivity contribution in [1.29, 1.82) is 0 Å². The number of methoxy groups -OCH3 is 1. The summed E-state index contributed by atoms with van der Waals surface area (Å²) < 4.78 is 64.8. The number of carboxylic acid groups (broad SMARTS) is 1. The van der Waals surface area contributed by atoms with Gasteiger partial charge in [0.15, 0.2) is 0 Å². The number of carboxylic acids is 1. The Hall–Kier alpha value is -3.28. The third-order valence-corrected chi connectivity index (χ3v) is 8.12. The summed E-state index contributed by atoms with van der Waals surface area (Å²) in [5, 5.41) is 10.3. The molecule has 0 aromatic heterocycles. The Morgan fingerprint density at radius 3 is 2.18 bits per heavy atom. The minimum Gasteiger partial charge on any atom is -0.497 e. The van der Waals surface area contributed by atoms with E-state index < -0.39 is 27.6 Å². The fourth-order valence-electron chi connectivity index (χ4n) is 4.41. The molecule has 2 aliphatic carbocycles. The minimum atomic E-state index is -5.08. The molecule has 0 atom stereocenters. The number of alkyl halides is 3. The topological polar surface area (TPSA) is 122 Å². The zero-order valence-electron chi connectivity index (χ0n) is 20.9. The molecular formula is C26H31F3N2O6S. The maximum Gasteiger partial charge on any atom is 0.490 e. The molecule has 4 rings (SSSR count). The highest BCUT2D eigenvalue weighted by molar-refractivity contribution is 7.92. The molecular weight excluding hydrogens is 525 g/mol. The molecule has 2 saturated carbocycles. The lowest BCUT2D eigenvalue weighted by atomic mass is 9.88. The second-order valence-corrected chi connectivity index (χ2v) is 11.1. The lowest BCUT2D eigenvalue weighted by Gasteiger charge is -2.23. The number of sulfonamides is 1. The third kappa shape index (κ3) is 7.62. The maximum absolute atomic E-state index is 12.9. The van der Waals surface area contributed by atoms with Gasteiger partial charge in [-0.2, -0.15) is 13.2 Å². The highest BCUT2D eigenvalue weighted by Gasteiger charge is 2.51. The molecule has 208 valence electrons. The molecule has 3 N–H and O–H groups in total. The number of anilines is 1. The van der Waals surface area contributed by atoms with Gasteiger partial charge in [0.05, 0.1) is 17.4 Å². The molecule has 8 nitrogen and oxygen atoms in total. The van der Waals surface area contributed by atoms with E-state index in [1.807, 2.05) is 12.1 Å². The Labute approximate surface area is 219 Å². The summed E-state index contributed by atoms with van der Waals surface area (Å²) in [4.78, 5) is 21.9. The van der Waals surface area contributed by atoms with Crippen molar-refractivity contribution in [3.8, 4) is 5.75 Å². The number of hydrogen-bond donors (Lipinski definition) is 3. The zero-order valence-corrected chi connectivity index (χ0v) is 21.7. The van der Waals surface area contributed by atoms with Crippen LogP contribution in [0.4, 0.5) is 18.9 Å². The summed E-state index contributed by atoms with van der Waals surface area (Å²) in [6.45, 7) is 0.763. The molecule has 2 aromatic rings. The number of hydrogen-bond acceptors (Lipinski definition) is 5. The number of rotatable bonds is 8. The average molecular weight is 557 g/mol. The molecule has 2 aliphatic rings. The highest BCUT2D eigenvalue weighted by atomic mass is 32.2. The Morgan fingerprint density at radius 1 is 1.05 bits per heavy atom. The SMILES string of the molecule is COc1cccc(S(=O)(=O)Nc2ccc(C3(C(=O)NCC4CCCCC4)CC3)cc2)c1.O=C(O)C(F)(F)F. The van der Waals surface area contributed by atoms with Crippen molar-refractivity contribution in [2.24, 2.45) is 5.92 Å².